The van der Waals surface area contributed by atoms with Crippen molar-refractivity contribution >= 4 is 13.3 Å². The molecule has 52 valence electrons. The molecule has 0 aromatic rings. The number of carboxylic acid groups (broad SMARTS) is 1. The van der Waals surface area contributed by atoms with E-state index in [0.29, 0.717) is 0 Å². The Balaban J connectivity index is -0.00000000536. The zero-order valence-electron chi connectivity index (χ0n) is 6.40. The summed E-state index contributed by atoms with van der Waals surface area (Å²) < 4.78 is 0. The van der Waals surface area contributed by atoms with Gasteiger partial charge in [0.2, 0.25) is 0 Å². The molecular weight excluding hydrogens is 162 g/mol. The van der Waals surface area contributed by atoms with Crippen molar-refractivity contribution in [1.82, 2.24) is 0 Å². The molecule has 0 saturated carbocycles. The number of rotatable bonds is 0. The van der Waals surface area contributed by atoms with E-state index in [2.05, 4.69) is 0 Å². The quantitative estimate of drug-likeness (QED) is 0.287. The van der Waals surface area contributed by atoms with Crippen LogP contribution in [0.25, 0.3) is 0 Å². The van der Waals surface area contributed by atoms with Crippen LogP contribution < -0.4 is 64.2 Å². The van der Waals surface area contributed by atoms with Gasteiger partial charge in [-0.25, -0.2) is 0 Å². The number of carbonyl (C=O) groups is 2. The summed E-state index contributed by atoms with van der Waals surface area (Å²) in [6.45, 7) is 1.50. The molecule has 5 nitrogen and oxygen atoms in total. The minimum Gasteiger partial charge on any atom is -0.870 e. The molecule has 0 saturated heterocycles. The number of aliphatic hydroxyl groups excluding tert-OH is 1. The van der Waals surface area contributed by atoms with Crippen molar-refractivity contribution in [2.24, 2.45) is 0 Å². The molecule has 0 aliphatic rings. The fraction of sp³-hybridized carbons (Fsp3) is 0.333. The Morgan fingerprint density at radius 2 is 1.30 bits per heavy atom. The molecule has 0 amide bonds. The fourth-order valence-electron chi connectivity index (χ4n) is 0. The molecule has 2 N–H and O–H groups in total. The van der Waals surface area contributed by atoms with Crippen molar-refractivity contribution in [3.05, 3.63) is 0 Å². The van der Waals surface area contributed by atoms with E-state index in [1.165, 1.54) is 0 Å². The van der Waals surface area contributed by atoms with Gasteiger partial charge in [0.1, 0.15) is 6.79 Å². The number of hydrogen-bond acceptors (Lipinski definition) is 5. The van der Waals surface area contributed by atoms with E-state index in [-0.39, 0.29) is 64.6 Å². The minimum absolute atomic E-state index is 0. The zero-order valence-corrected chi connectivity index (χ0v) is 10.4. The summed E-state index contributed by atoms with van der Waals surface area (Å²) in [6, 6.07) is 0. The van der Waals surface area contributed by atoms with Gasteiger partial charge >= 0.3 is 59.1 Å². The third-order valence-electron chi connectivity index (χ3n) is 0. The average molecular weight is 170 g/mol. The summed E-state index contributed by atoms with van der Waals surface area (Å²) in [7, 11) is 1.00. The monoisotopic (exact) mass is 170 g/mol. The molecule has 0 aromatic carbocycles. The largest absolute Gasteiger partial charge is 1.00 e. The van der Waals surface area contributed by atoms with Crippen LogP contribution in [0.5, 0.6) is 0 Å². The van der Waals surface area contributed by atoms with Crippen molar-refractivity contribution in [1.29, 1.82) is 0 Å². The Labute approximate surface area is 104 Å². The molecular formula is C3H8Na2O5. The van der Waals surface area contributed by atoms with Crippen LogP contribution in [-0.2, 0) is 9.59 Å². The first-order valence-electron chi connectivity index (χ1n) is 1.21. The fourth-order valence-corrected chi connectivity index (χ4v) is 0. The van der Waals surface area contributed by atoms with Gasteiger partial charge < -0.3 is 25.3 Å². The molecule has 0 bridgehead atoms. The Kier molecular flexibility index (Phi) is 851. The summed E-state index contributed by atoms with van der Waals surface area (Å²) in [4.78, 5) is 16.2. The predicted octanol–water partition coefficient (Wildman–Crippen LogP) is -8.38. The molecule has 0 spiro atoms. The molecule has 0 heterocycles. The molecule has 0 radical (unpaired) electrons. The minimum atomic E-state index is -0.500. The molecule has 10 heavy (non-hydrogen) atoms. The maximum absolute atomic E-state index is 8.25. The second-order valence-electron chi connectivity index (χ2n) is 0.0962. The Morgan fingerprint density at radius 3 is 1.30 bits per heavy atom. The third kappa shape index (κ3) is 524. The SMILES string of the molecule is C=O.CO.O=C[O-].[Na+].[Na+].[OH-]. The van der Waals surface area contributed by atoms with Gasteiger partial charge in [0, 0.05) is 13.6 Å². The summed E-state index contributed by atoms with van der Waals surface area (Å²) in [6.07, 6.45) is 0. The standard InChI is InChI=1S/CH2O2.CH4O.CH2O.2Na.H2O/c2-1-3;2*1-2;;;/h1H,(H,2,3);2H,1H3;1H2;;;1H2/q;;;2*+1;/p-2. The number of carbonyl (C=O) groups excluding carboxylic acids is 2. The van der Waals surface area contributed by atoms with Crippen LogP contribution in [0.4, 0.5) is 0 Å². The van der Waals surface area contributed by atoms with Gasteiger partial charge in [-0.05, 0) is 0 Å². The first kappa shape index (κ1) is 43.7. The van der Waals surface area contributed by atoms with Gasteiger partial charge in [-0.1, -0.05) is 0 Å². The van der Waals surface area contributed by atoms with E-state index < -0.39 is 6.47 Å². The molecule has 0 unspecified atom stereocenters. The maximum Gasteiger partial charge on any atom is 1.00 e. The van der Waals surface area contributed by atoms with E-state index >= 15 is 0 Å². The molecule has 7 heteroatoms. The first-order chi connectivity index (χ1) is 3.41. The summed E-state index contributed by atoms with van der Waals surface area (Å²) >= 11 is 0. The van der Waals surface area contributed by atoms with Gasteiger partial charge in [-0.3, -0.25) is 0 Å². The van der Waals surface area contributed by atoms with Crippen LogP contribution >= 0.6 is 0 Å². The van der Waals surface area contributed by atoms with E-state index in [0.717, 1.165) is 7.11 Å². The topological polar surface area (TPSA) is 107 Å². The predicted molar refractivity (Wildman–Crippen MR) is 23.3 cm³/mol. The number of hydrogen-bond donors (Lipinski definition) is 1. The van der Waals surface area contributed by atoms with Crippen LogP contribution in [-0.4, -0.2) is 31.0 Å². The van der Waals surface area contributed by atoms with Gasteiger partial charge in [-0.15, -0.1) is 0 Å². The molecule has 0 aliphatic heterocycles. The van der Waals surface area contributed by atoms with Crippen LogP contribution in [0, 0.1) is 0 Å². The third-order valence-corrected chi connectivity index (χ3v) is 0. The van der Waals surface area contributed by atoms with Crippen LogP contribution in [0.15, 0.2) is 0 Å². The summed E-state index contributed by atoms with van der Waals surface area (Å²) in [5, 5.41) is 15.2. The van der Waals surface area contributed by atoms with Gasteiger partial charge in [0.15, 0.2) is 0 Å². The van der Waals surface area contributed by atoms with Gasteiger partial charge in [0.05, 0.1) is 0 Å². The van der Waals surface area contributed by atoms with Crippen LogP contribution in [0.3, 0.4) is 0 Å². The van der Waals surface area contributed by atoms with Gasteiger partial charge in [0.25, 0.3) is 0 Å². The van der Waals surface area contributed by atoms with E-state index in [1.54, 1.807) is 0 Å². The van der Waals surface area contributed by atoms with Crippen molar-refractivity contribution in [2.45, 2.75) is 0 Å². The Morgan fingerprint density at radius 1 is 1.30 bits per heavy atom. The molecule has 0 aliphatic carbocycles. The van der Waals surface area contributed by atoms with Crippen LogP contribution in [0.2, 0.25) is 0 Å². The molecule has 0 atom stereocenters. The smallest absolute Gasteiger partial charge is 0.870 e. The second kappa shape index (κ2) is 195. The van der Waals surface area contributed by atoms with Crippen molar-refractivity contribution in [3.8, 4) is 0 Å². The summed E-state index contributed by atoms with van der Waals surface area (Å²) in [5.74, 6) is 0. The van der Waals surface area contributed by atoms with Crippen molar-refractivity contribution in [2.75, 3.05) is 7.11 Å². The molecule has 0 fully saturated rings. The van der Waals surface area contributed by atoms with Crippen molar-refractivity contribution in [3.63, 3.8) is 0 Å². The molecule has 0 aromatic heterocycles. The summed E-state index contributed by atoms with van der Waals surface area (Å²) in [5.41, 5.74) is 0. The molecule has 0 rings (SSSR count). The Hall–Kier alpha value is 1.06. The van der Waals surface area contributed by atoms with E-state index in [9.17, 15) is 0 Å². The van der Waals surface area contributed by atoms with Gasteiger partial charge in [-0.2, -0.15) is 0 Å². The second-order valence-corrected chi connectivity index (χ2v) is 0.0962. The first-order valence-corrected chi connectivity index (χ1v) is 1.21. The van der Waals surface area contributed by atoms with E-state index in [1.807, 2.05) is 6.79 Å². The zero-order chi connectivity index (χ0) is 6.71. The maximum atomic E-state index is 8.25. The van der Waals surface area contributed by atoms with Crippen LogP contribution in [0.1, 0.15) is 0 Å². The number of aliphatic hydroxyl groups is 1. The van der Waals surface area contributed by atoms with E-state index in [4.69, 9.17) is 19.8 Å². The van der Waals surface area contributed by atoms with Crippen molar-refractivity contribution < 1.29 is 84.4 Å². The Bertz CT molecular complexity index is 28.9. The average Bonchev–Trinajstić information content (AvgIpc) is 1.78. The normalized spacial score (nSPS) is 2.20.